The van der Waals surface area contributed by atoms with Gasteiger partial charge in [-0.15, -0.1) is 0 Å². The summed E-state index contributed by atoms with van der Waals surface area (Å²) >= 11 is 0. The van der Waals surface area contributed by atoms with Gasteiger partial charge in [-0.1, -0.05) is 91.0 Å². The summed E-state index contributed by atoms with van der Waals surface area (Å²) in [6.07, 6.45) is 3.72. The van der Waals surface area contributed by atoms with Gasteiger partial charge in [0.05, 0.1) is 33.4 Å². The maximum Gasteiger partial charge on any atom is 0.146 e. The SMILES string of the molecule is c1cc(-c2ccc(-n3c4ncccc4c4cccnc43)cc2-n2c3ccccc3c3ccccc32)cc(-n2c3ccccc3c3ccccc32)c1. The summed E-state index contributed by atoms with van der Waals surface area (Å²) in [6, 6.07) is 58.8. The number of nitrogens with zero attached hydrogens (tertiary/aromatic N) is 5. The van der Waals surface area contributed by atoms with Gasteiger partial charge in [-0.25, -0.2) is 9.97 Å². The van der Waals surface area contributed by atoms with Crippen molar-refractivity contribution in [2.45, 2.75) is 0 Å². The molecule has 0 aliphatic heterocycles. The first kappa shape index (κ1) is 27.9. The van der Waals surface area contributed by atoms with Crippen LogP contribution in [0.25, 0.3) is 93.9 Å². The molecule has 5 aromatic heterocycles. The highest BCUT2D eigenvalue weighted by Gasteiger charge is 2.20. The van der Waals surface area contributed by atoms with Gasteiger partial charge in [0.1, 0.15) is 11.3 Å². The van der Waals surface area contributed by atoms with Gasteiger partial charge in [-0.3, -0.25) is 4.57 Å². The molecule has 238 valence electrons. The lowest BCUT2D eigenvalue weighted by molar-refractivity contribution is 1.09. The van der Waals surface area contributed by atoms with E-state index in [0.717, 1.165) is 61.3 Å². The molecule has 0 amide bonds. The van der Waals surface area contributed by atoms with Crippen LogP contribution >= 0.6 is 0 Å². The summed E-state index contributed by atoms with van der Waals surface area (Å²) in [4.78, 5) is 9.74. The molecular formula is C46H29N5. The second-order valence-electron chi connectivity index (χ2n) is 13.1. The third-order valence-electron chi connectivity index (χ3n) is 10.3. The van der Waals surface area contributed by atoms with E-state index < -0.39 is 0 Å². The molecule has 0 unspecified atom stereocenters. The lowest BCUT2D eigenvalue weighted by Crippen LogP contribution is -2.02. The van der Waals surface area contributed by atoms with E-state index in [9.17, 15) is 0 Å². The molecule has 5 nitrogen and oxygen atoms in total. The summed E-state index contributed by atoms with van der Waals surface area (Å²) in [6.45, 7) is 0. The summed E-state index contributed by atoms with van der Waals surface area (Å²) in [5.41, 5.74) is 12.0. The van der Waals surface area contributed by atoms with E-state index in [0.29, 0.717) is 0 Å². The molecule has 0 bridgehead atoms. The first-order chi connectivity index (χ1) is 25.3. The van der Waals surface area contributed by atoms with Crippen molar-refractivity contribution in [3.05, 3.63) is 176 Å². The van der Waals surface area contributed by atoms with Gasteiger partial charge in [-0.05, 0) is 78.4 Å². The molecule has 11 aromatic rings. The Kier molecular flexibility index (Phi) is 5.89. The Morgan fingerprint density at radius 3 is 1.35 bits per heavy atom. The minimum absolute atomic E-state index is 0.889. The zero-order valence-corrected chi connectivity index (χ0v) is 27.5. The summed E-state index contributed by atoms with van der Waals surface area (Å²) in [5.74, 6) is 0. The number of hydrogen-bond donors (Lipinski definition) is 0. The quantitative estimate of drug-likeness (QED) is 0.190. The predicted octanol–water partition coefficient (Wildman–Crippen LogP) is 11.4. The summed E-state index contributed by atoms with van der Waals surface area (Å²) < 4.78 is 7.00. The fourth-order valence-corrected chi connectivity index (χ4v) is 8.20. The van der Waals surface area contributed by atoms with Crippen molar-refractivity contribution in [2.75, 3.05) is 0 Å². The maximum atomic E-state index is 4.87. The molecular weight excluding hydrogens is 623 g/mol. The van der Waals surface area contributed by atoms with Gasteiger partial charge in [0.25, 0.3) is 0 Å². The third-order valence-corrected chi connectivity index (χ3v) is 10.3. The molecule has 0 atom stereocenters. The van der Waals surface area contributed by atoms with Crippen molar-refractivity contribution in [1.29, 1.82) is 0 Å². The number of aromatic nitrogens is 5. The van der Waals surface area contributed by atoms with E-state index in [1.54, 1.807) is 0 Å². The standard InChI is InChI=1S/C46H29N5/c1-5-20-40-34(14-1)35-15-2-6-21-41(35)49(40)31-13-9-12-30(28-31)33-25-24-32(50-45-38(18-10-26-47-45)39-19-11-27-48-46(39)50)29-44(33)51-42-22-7-3-16-36(42)37-17-4-8-23-43(37)51/h1-29H. The lowest BCUT2D eigenvalue weighted by atomic mass is 10.0. The highest BCUT2D eigenvalue weighted by atomic mass is 15.1. The highest BCUT2D eigenvalue weighted by Crippen LogP contribution is 2.40. The average Bonchev–Trinajstić information content (AvgIpc) is 3.84. The van der Waals surface area contributed by atoms with Crippen molar-refractivity contribution in [3.8, 4) is 28.2 Å². The number of para-hydroxylation sites is 4. The van der Waals surface area contributed by atoms with Crippen LogP contribution in [0.1, 0.15) is 0 Å². The largest absolute Gasteiger partial charge is 0.309 e. The van der Waals surface area contributed by atoms with Gasteiger partial charge < -0.3 is 9.13 Å². The van der Waals surface area contributed by atoms with Gasteiger partial charge in [0, 0.05) is 56.0 Å². The monoisotopic (exact) mass is 651 g/mol. The van der Waals surface area contributed by atoms with Crippen LogP contribution in [0.4, 0.5) is 0 Å². The van der Waals surface area contributed by atoms with Crippen LogP contribution in [-0.2, 0) is 0 Å². The zero-order chi connectivity index (χ0) is 33.5. The molecule has 51 heavy (non-hydrogen) atoms. The molecule has 0 N–H and O–H groups in total. The molecule has 0 saturated carbocycles. The highest BCUT2D eigenvalue weighted by molar-refractivity contribution is 6.11. The van der Waals surface area contributed by atoms with E-state index in [2.05, 4.69) is 165 Å². The molecule has 5 heterocycles. The topological polar surface area (TPSA) is 40.6 Å². The number of benzene rings is 6. The molecule has 0 radical (unpaired) electrons. The second-order valence-corrected chi connectivity index (χ2v) is 13.1. The molecule has 0 spiro atoms. The summed E-state index contributed by atoms with van der Waals surface area (Å²) in [7, 11) is 0. The minimum atomic E-state index is 0.889. The lowest BCUT2D eigenvalue weighted by Gasteiger charge is -2.18. The second kappa shape index (κ2) is 10.8. The Hall–Kier alpha value is -6.98. The van der Waals surface area contributed by atoms with Crippen molar-refractivity contribution in [2.24, 2.45) is 0 Å². The Morgan fingerprint density at radius 1 is 0.333 bits per heavy atom. The summed E-state index contributed by atoms with van der Waals surface area (Å²) in [5, 5.41) is 7.13. The van der Waals surface area contributed by atoms with Crippen LogP contribution in [0.15, 0.2) is 176 Å². The van der Waals surface area contributed by atoms with E-state index in [-0.39, 0.29) is 0 Å². The molecule has 5 heteroatoms. The molecule has 0 aliphatic rings. The number of hydrogen-bond acceptors (Lipinski definition) is 2. The van der Waals surface area contributed by atoms with E-state index in [4.69, 9.17) is 9.97 Å². The first-order valence-electron chi connectivity index (χ1n) is 17.3. The van der Waals surface area contributed by atoms with Crippen LogP contribution in [0, 0.1) is 0 Å². The van der Waals surface area contributed by atoms with Crippen molar-refractivity contribution >= 4 is 65.7 Å². The third kappa shape index (κ3) is 4.03. The first-order valence-corrected chi connectivity index (χ1v) is 17.3. The predicted molar refractivity (Wildman–Crippen MR) is 210 cm³/mol. The molecule has 6 aromatic carbocycles. The minimum Gasteiger partial charge on any atom is -0.309 e. The Morgan fingerprint density at radius 2 is 0.804 bits per heavy atom. The molecule has 0 aliphatic carbocycles. The van der Waals surface area contributed by atoms with Gasteiger partial charge in [0.15, 0.2) is 0 Å². The van der Waals surface area contributed by atoms with Crippen molar-refractivity contribution in [3.63, 3.8) is 0 Å². The number of rotatable bonds is 4. The van der Waals surface area contributed by atoms with Gasteiger partial charge in [0.2, 0.25) is 0 Å². The Bertz CT molecular complexity index is 3000. The van der Waals surface area contributed by atoms with E-state index >= 15 is 0 Å². The fraction of sp³-hybridized carbons (Fsp3) is 0. The molecule has 0 saturated heterocycles. The van der Waals surface area contributed by atoms with Gasteiger partial charge in [-0.2, -0.15) is 0 Å². The average molecular weight is 652 g/mol. The Labute approximate surface area is 292 Å². The van der Waals surface area contributed by atoms with E-state index in [1.807, 2.05) is 24.5 Å². The van der Waals surface area contributed by atoms with Crippen LogP contribution in [0.2, 0.25) is 0 Å². The number of fused-ring (bicyclic) bond motifs is 9. The van der Waals surface area contributed by atoms with Crippen molar-refractivity contribution < 1.29 is 0 Å². The van der Waals surface area contributed by atoms with Crippen LogP contribution in [0.5, 0.6) is 0 Å². The van der Waals surface area contributed by atoms with Crippen LogP contribution in [-0.4, -0.2) is 23.7 Å². The van der Waals surface area contributed by atoms with Crippen LogP contribution in [0.3, 0.4) is 0 Å². The maximum absolute atomic E-state index is 4.87. The normalized spacial score (nSPS) is 11.9. The molecule has 11 rings (SSSR count). The van der Waals surface area contributed by atoms with Gasteiger partial charge >= 0.3 is 0 Å². The van der Waals surface area contributed by atoms with E-state index in [1.165, 1.54) is 32.6 Å². The Balaban J connectivity index is 1.22. The van der Waals surface area contributed by atoms with Crippen LogP contribution < -0.4 is 0 Å². The smallest absolute Gasteiger partial charge is 0.146 e. The van der Waals surface area contributed by atoms with Crippen molar-refractivity contribution in [1.82, 2.24) is 23.7 Å². The molecule has 0 fully saturated rings. The zero-order valence-electron chi connectivity index (χ0n) is 27.5. The number of pyridine rings is 2. The fourth-order valence-electron chi connectivity index (χ4n) is 8.20.